The molecule has 1 fully saturated rings. The van der Waals surface area contributed by atoms with Crippen molar-refractivity contribution in [1.29, 1.82) is 0 Å². The second kappa shape index (κ2) is 6.92. The lowest BCUT2D eigenvalue weighted by atomic mass is 10.1. The van der Waals surface area contributed by atoms with Crippen molar-refractivity contribution in [3.8, 4) is 0 Å². The Bertz CT molecular complexity index is 369. The smallest absolute Gasteiger partial charge is 0.0636 e. The summed E-state index contributed by atoms with van der Waals surface area (Å²) in [7, 11) is 0. The van der Waals surface area contributed by atoms with Gasteiger partial charge in [-0.25, -0.2) is 0 Å². The molecular weight excluding hydrogens is 236 g/mol. The van der Waals surface area contributed by atoms with E-state index < -0.39 is 0 Å². The molecule has 1 aromatic rings. The van der Waals surface area contributed by atoms with Crippen LogP contribution in [-0.2, 0) is 0 Å². The standard InChI is InChI=1S/C16H26N2O/c1-13(19)12-17-14(2)15-6-8-16(9-7-15)18-10-4-3-5-11-18/h6-9,13-14,17,19H,3-5,10-12H2,1-2H3. The number of anilines is 1. The molecule has 0 saturated carbocycles. The van der Waals surface area contributed by atoms with Crippen molar-refractivity contribution in [2.45, 2.75) is 45.3 Å². The summed E-state index contributed by atoms with van der Waals surface area (Å²) in [5.41, 5.74) is 2.62. The molecule has 1 aromatic carbocycles. The second-order valence-electron chi connectivity index (χ2n) is 5.62. The SMILES string of the molecule is CC(O)CNC(C)c1ccc(N2CCCCC2)cc1. The monoisotopic (exact) mass is 262 g/mol. The van der Waals surface area contributed by atoms with E-state index in [2.05, 4.69) is 41.4 Å². The number of hydrogen-bond donors (Lipinski definition) is 2. The second-order valence-corrected chi connectivity index (χ2v) is 5.62. The molecule has 0 amide bonds. The fraction of sp³-hybridized carbons (Fsp3) is 0.625. The lowest BCUT2D eigenvalue weighted by Gasteiger charge is -2.29. The molecule has 0 aromatic heterocycles. The van der Waals surface area contributed by atoms with Crippen molar-refractivity contribution in [2.75, 3.05) is 24.5 Å². The van der Waals surface area contributed by atoms with Crippen LogP contribution in [0, 0.1) is 0 Å². The van der Waals surface area contributed by atoms with Gasteiger partial charge in [-0.2, -0.15) is 0 Å². The maximum atomic E-state index is 9.29. The van der Waals surface area contributed by atoms with Crippen molar-refractivity contribution in [2.24, 2.45) is 0 Å². The van der Waals surface area contributed by atoms with Crippen LogP contribution in [0.2, 0.25) is 0 Å². The lowest BCUT2D eigenvalue weighted by molar-refractivity contribution is 0.187. The van der Waals surface area contributed by atoms with Crippen LogP contribution in [0.5, 0.6) is 0 Å². The fourth-order valence-electron chi connectivity index (χ4n) is 2.59. The van der Waals surface area contributed by atoms with Crippen molar-refractivity contribution >= 4 is 5.69 Å². The first-order valence-electron chi connectivity index (χ1n) is 7.43. The van der Waals surface area contributed by atoms with Gasteiger partial charge in [-0.3, -0.25) is 0 Å². The Balaban J connectivity index is 1.93. The maximum Gasteiger partial charge on any atom is 0.0636 e. The van der Waals surface area contributed by atoms with E-state index in [0.717, 1.165) is 0 Å². The molecule has 2 unspecified atom stereocenters. The van der Waals surface area contributed by atoms with Crippen molar-refractivity contribution in [3.63, 3.8) is 0 Å². The van der Waals surface area contributed by atoms with Crippen LogP contribution in [0.15, 0.2) is 24.3 Å². The minimum Gasteiger partial charge on any atom is -0.392 e. The number of piperidine rings is 1. The predicted molar refractivity (Wildman–Crippen MR) is 80.6 cm³/mol. The summed E-state index contributed by atoms with van der Waals surface area (Å²) in [5.74, 6) is 0. The Labute approximate surface area is 116 Å². The third kappa shape index (κ3) is 4.22. The summed E-state index contributed by atoms with van der Waals surface area (Å²) in [4.78, 5) is 2.47. The Morgan fingerprint density at radius 2 is 1.74 bits per heavy atom. The van der Waals surface area contributed by atoms with Gasteiger partial charge in [0, 0.05) is 31.4 Å². The van der Waals surface area contributed by atoms with Gasteiger partial charge in [0.1, 0.15) is 0 Å². The van der Waals surface area contributed by atoms with E-state index in [1.807, 2.05) is 0 Å². The minimum atomic E-state index is -0.296. The van der Waals surface area contributed by atoms with E-state index >= 15 is 0 Å². The molecule has 2 atom stereocenters. The zero-order chi connectivity index (χ0) is 13.7. The van der Waals surface area contributed by atoms with Crippen LogP contribution in [0.25, 0.3) is 0 Å². The average Bonchev–Trinajstić information content (AvgIpc) is 2.46. The number of aliphatic hydroxyl groups excluding tert-OH is 1. The molecule has 0 radical (unpaired) electrons. The van der Waals surface area contributed by atoms with Crippen molar-refractivity contribution in [3.05, 3.63) is 29.8 Å². The molecule has 106 valence electrons. The number of hydrogen-bond acceptors (Lipinski definition) is 3. The van der Waals surface area contributed by atoms with Gasteiger partial charge in [0.05, 0.1) is 6.10 Å². The molecule has 19 heavy (non-hydrogen) atoms. The average molecular weight is 262 g/mol. The van der Waals surface area contributed by atoms with E-state index in [4.69, 9.17) is 0 Å². The third-order valence-corrected chi connectivity index (χ3v) is 3.83. The Hall–Kier alpha value is -1.06. The van der Waals surface area contributed by atoms with Gasteiger partial charge in [-0.05, 0) is 50.8 Å². The van der Waals surface area contributed by atoms with E-state index in [1.54, 1.807) is 6.92 Å². The molecular formula is C16H26N2O. The molecule has 0 bridgehead atoms. The third-order valence-electron chi connectivity index (χ3n) is 3.83. The van der Waals surface area contributed by atoms with Gasteiger partial charge in [0.2, 0.25) is 0 Å². The number of nitrogens with one attached hydrogen (secondary N) is 1. The van der Waals surface area contributed by atoms with Gasteiger partial charge in [-0.1, -0.05) is 12.1 Å². The summed E-state index contributed by atoms with van der Waals surface area (Å²) in [6.07, 6.45) is 3.70. The molecule has 1 aliphatic rings. The zero-order valence-electron chi connectivity index (χ0n) is 12.1. The number of rotatable bonds is 5. The summed E-state index contributed by atoms with van der Waals surface area (Å²) in [5, 5.41) is 12.6. The Morgan fingerprint density at radius 3 is 2.32 bits per heavy atom. The topological polar surface area (TPSA) is 35.5 Å². The molecule has 1 saturated heterocycles. The summed E-state index contributed by atoms with van der Waals surface area (Å²) < 4.78 is 0. The molecule has 1 aliphatic heterocycles. The lowest BCUT2D eigenvalue weighted by Crippen LogP contribution is -2.29. The predicted octanol–water partition coefficient (Wildman–Crippen LogP) is 2.71. The molecule has 1 heterocycles. The van der Waals surface area contributed by atoms with Gasteiger partial charge in [-0.15, -0.1) is 0 Å². The van der Waals surface area contributed by atoms with Crippen LogP contribution >= 0.6 is 0 Å². The van der Waals surface area contributed by atoms with Gasteiger partial charge in [0.25, 0.3) is 0 Å². The number of aliphatic hydroxyl groups is 1. The summed E-state index contributed by atoms with van der Waals surface area (Å²) >= 11 is 0. The van der Waals surface area contributed by atoms with Crippen molar-refractivity contribution < 1.29 is 5.11 Å². The van der Waals surface area contributed by atoms with E-state index in [-0.39, 0.29) is 12.1 Å². The normalized spacial score (nSPS) is 19.2. The first-order valence-corrected chi connectivity index (χ1v) is 7.43. The highest BCUT2D eigenvalue weighted by atomic mass is 16.3. The molecule has 0 aliphatic carbocycles. The van der Waals surface area contributed by atoms with Gasteiger partial charge in [0.15, 0.2) is 0 Å². The number of nitrogens with zero attached hydrogens (tertiary/aromatic N) is 1. The van der Waals surface area contributed by atoms with Gasteiger partial charge < -0.3 is 15.3 Å². The minimum absolute atomic E-state index is 0.282. The highest BCUT2D eigenvalue weighted by molar-refractivity contribution is 5.48. The molecule has 3 nitrogen and oxygen atoms in total. The van der Waals surface area contributed by atoms with Gasteiger partial charge >= 0.3 is 0 Å². The molecule has 2 N–H and O–H groups in total. The Morgan fingerprint density at radius 1 is 1.11 bits per heavy atom. The maximum absolute atomic E-state index is 9.29. The number of benzene rings is 1. The van der Waals surface area contributed by atoms with E-state index in [1.165, 1.54) is 43.6 Å². The highest BCUT2D eigenvalue weighted by Gasteiger charge is 2.11. The van der Waals surface area contributed by atoms with Crippen LogP contribution in [-0.4, -0.2) is 30.8 Å². The first-order chi connectivity index (χ1) is 9.16. The van der Waals surface area contributed by atoms with Crippen molar-refractivity contribution in [1.82, 2.24) is 5.32 Å². The molecule has 2 rings (SSSR count). The van der Waals surface area contributed by atoms with E-state index in [9.17, 15) is 5.11 Å². The van der Waals surface area contributed by atoms with Crippen LogP contribution in [0.4, 0.5) is 5.69 Å². The van der Waals surface area contributed by atoms with E-state index in [0.29, 0.717) is 6.54 Å². The summed E-state index contributed by atoms with van der Waals surface area (Å²) in [6, 6.07) is 9.13. The Kier molecular flexibility index (Phi) is 5.23. The van der Waals surface area contributed by atoms with Crippen LogP contribution in [0.1, 0.15) is 44.7 Å². The molecule has 0 spiro atoms. The largest absolute Gasteiger partial charge is 0.392 e. The zero-order valence-corrected chi connectivity index (χ0v) is 12.1. The first kappa shape index (κ1) is 14.4. The molecule has 3 heteroatoms. The quantitative estimate of drug-likeness (QED) is 0.856. The highest BCUT2D eigenvalue weighted by Crippen LogP contribution is 2.22. The summed E-state index contributed by atoms with van der Waals surface area (Å²) in [6.45, 7) is 6.96. The van der Waals surface area contributed by atoms with Crippen LogP contribution < -0.4 is 10.2 Å². The van der Waals surface area contributed by atoms with Crippen LogP contribution in [0.3, 0.4) is 0 Å². The fourth-order valence-corrected chi connectivity index (χ4v) is 2.59.